The monoisotopic (exact) mass is 287 g/mol. The number of oxime groups is 1. The Morgan fingerprint density at radius 2 is 2.15 bits per heavy atom. The molecule has 0 atom stereocenters. The number of amidine groups is 1. The van der Waals surface area contributed by atoms with Gasteiger partial charge >= 0.3 is 6.61 Å². The third kappa shape index (κ3) is 4.08. The van der Waals surface area contributed by atoms with E-state index < -0.39 is 12.5 Å². The lowest BCUT2D eigenvalue weighted by Gasteiger charge is -2.21. The van der Waals surface area contributed by atoms with E-state index in [1.54, 1.807) is 6.92 Å². The highest BCUT2D eigenvalue weighted by atomic mass is 19.3. The SMILES string of the molecule is CCN(CC(N)=NO)C(=O)c1ccccc1OC(F)F. The van der Waals surface area contributed by atoms with Crippen LogP contribution in [0.15, 0.2) is 29.4 Å². The lowest BCUT2D eigenvalue weighted by molar-refractivity contribution is -0.0502. The minimum absolute atomic E-state index is 0.0135. The molecule has 0 aliphatic rings. The third-order valence-electron chi connectivity index (χ3n) is 2.48. The van der Waals surface area contributed by atoms with Gasteiger partial charge in [0.25, 0.3) is 5.91 Å². The first-order valence-electron chi connectivity index (χ1n) is 5.79. The second-order valence-electron chi connectivity index (χ2n) is 3.79. The summed E-state index contributed by atoms with van der Waals surface area (Å²) in [5, 5.41) is 11.3. The molecule has 3 N–H and O–H groups in total. The van der Waals surface area contributed by atoms with Crippen LogP contribution < -0.4 is 10.5 Å². The van der Waals surface area contributed by atoms with Crippen LogP contribution in [0.4, 0.5) is 8.78 Å². The van der Waals surface area contributed by atoms with Gasteiger partial charge in [-0.2, -0.15) is 8.78 Å². The Morgan fingerprint density at radius 1 is 1.50 bits per heavy atom. The average molecular weight is 287 g/mol. The largest absolute Gasteiger partial charge is 0.434 e. The van der Waals surface area contributed by atoms with E-state index in [9.17, 15) is 13.6 Å². The van der Waals surface area contributed by atoms with Crippen molar-refractivity contribution in [1.82, 2.24) is 4.90 Å². The molecule has 1 aromatic rings. The second kappa shape index (κ2) is 7.27. The average Bonchev–Trinajstić information content (AvgIpc) is 2.43. The van der Waals surface area contributed by atoms with Gasteiger partial charge in [-0.3, -0.25) is 4.79 Å². The molecule has 20 heavy (non-hydrogen) atoms. The summed E-state index contributed by atoms with van der Waals surface area (Å²) in [6.07, 6.45) is 0. The van der Waals surface area contributed by atoms with Crippen molar-refractivity contribution in [3.63, 3.8) is 0 Å². The summed E-state index contributed by atoms with van der Waals surface area (Å²) in [6, 6.07) is 5.66. The van der Waals surface area contributed by atoms with Crippen molar-refractivity contribution < 1.29 is 23.5 Å². The highest BCUT2D eigenvalue weighted by Crippen LogP contribution is 2.21. The molecule has 0 saturated heterocycles. The molecule has 0 heterocycles. The predicted octanol–water partition coefficient (Wildman–Crippen LogP) is 1.50. The van der Waals surface area contributed by atoms with Crippen LogP contribution in [-0.2, 0) is 0 Å². The van der Waals surface area contributed by atoms with Crippen LogP contribution in [0.2, 0.25) is 0 Å². The molecule has 0 bridgehead atoms. The molecule has 0 aromatic heterocycles. The first-order chi connectivity index (χ1) is 9.49. The quantitative estimate of drug-likeness (QED) is 0.359. The molecule has 1 rings (SSSR count). The Bertz CT molecular complexity index is 495. The zero-order valence-electron chi connectivity index (χ0n) is 10.8. The molecule has 0 fully saturated rings. The van der Waals surface area contributed by atoms with E-state index in [0.29, 0.717) is 0 Å². The number of hydrogen-bond donors (Lipinski definition) is 2. The second-order valence-corrected chi connectivity index (χ2v) is 3.79. The lowest BCUT2D eigenvalue weighted by Crippen LogP contribution is -2.38. The van der Waals surface area contributed by atoms with E-state index in [-0.39, 0.29) is 30.2 Å². The van der Waals surface area contributed by atoms with Crippen LogP contribution in [0.1, 0.15) is 17.3 Å². The van der Waals surface area contributed by atoms with E-state index in [1.807, 2.05) is 0 Å². The summed E-state index contributed by atoms with van der Waals surface area (Å²) in [7, 11) is 0. The standard InChI is InChI=1S/C12H15F2N3O3/c1-2-17(7-10(15)16-19)11(18)8-5-3-4-6-9(8)20-12(13)14/h3-6,12,19H,2,7H2,1H3,(H2,15,16). The van der Waals surface area contributed by atoms with Crippen LogP contribution in [0, 0.1) is 0 Å². The fourth-order valence-corrected chi connectivity index (χ4v) is 1.57. The van der Waals surface area contributed by atoms with E-state index in [0.717, 1.165) is 0 Å². The Labute approximate surface area is 114 Å². The third-order valence-corrected chi connectivity index (χ3v) is 2.48. The molecule has 1 amide bonds. The highest BCUT2D eigenvalue weighted by molar-refractivity contribution is 5.99. The van der Waals surface area contributed by atoms with Crippen molar-refractivity contribution in [3.8, 4) is 5.75 Å². The maximum absolute atomic E-state index is 12.3. The maximum Gasteiger partial charge on any atom is 0.387 e. The Morgan fingerprint density at radius 3 is 2.70 bits per heavy atom. The van der Waals surface area contributed by atoms with Gasteiger partial charge in [-0.1, -0.05) is 17.3 Å². The number of rotatable bonds is 6. The van der Waals surface area contributed by atoms with Gasteiger partial charge in [-0.15, -0.1) is 0 Å². The summed E-state index contributed by atoms with van der Waals surface area (Å²) in [6.45, 7) is -1.20. The Kier molecular flexibility index (Phi) is 5.70. The molecule has 0 saturated carbocycles. The number of nitrogens with two attached hydrogens (primary N) is 1. The minimum Gasteiger partial charge on any atom is -0.434 e. The topological polar surface area (TPSA) is 88.1 Å². The van der Waals surface area contributed by atoms with Crippen molar-refractivity contribution in [1.29, 1.82) is 0 Å². The number of amides is 1. The number of halogens is 2. The zero-order valence-corrected chi connectivity index (χ0v) is 10.8. The van der Waals surface area contributed by atoms with Gasteiger partial charge in [0, 0.05) is 6.54 Å². The first-order valence-corrected chi connectivity index (χ1v) is 5.79. The van der Waals surface area contributed by atoms with Crippen LogP contribution in [0.3, 0.4) is 0 Å². The number of para-hydroxylation sites is 1. The van der Waals surface area contributed by atoms with Crippen molar-refractivity contribution in [2.45, 2.75) is 13.5 Å². The summed E-state index contributed by atoms with van der Waals surface area (Å²) in [4.78, 5) is 13.5. The first kappa shape index (κ1) is 15.7. The van der Waals surface area contributed by atoms with Gasteiger partial charge in [0.05, 0.1) is 12.1 Å². The summed E-state index contributed by atoms with van der Waals surface area (Å²) in [5.74, 6) is -0.923. The van der Waals surface area contributed by atoms with Crippen molar-refractivity contribution in [2.75, 3.05) is 13.1 Å². The number of likely N-dealkylation sites (N-methyl/N-ethyl adjacent to an activating group) is 1. The van der Waals surface area contributed by atoms with Crippen molar-refractivity contribution in [3.05, 3.63) is 29.8 Å². The highest BCUT2D eigenvalue weighted by Gasteiger charge is 2.20. The number of carbonyl (C=O) groups excluding carboxylic acids is 1. The smallest absolute Gasteiger partial charge is 0.387 e. The van der Waals surface area contributed by atoms with E-state index in [1.165, 1.54) is 29.2 Å². The molecule has 6 nitrogen and oxygen atoms in total. The molecule has 0 spiro atoms. The van der Waals surface area contributed by atoms with Crippen LogP contribution >= 0.6 is 0 Å². The van der Waals surface area contributed by atoms with Gasteiger partial charge in [0.2, 0.25) is 0 Å². The maximum atomic E-state index is 12.3. The fraction of sp³-hybridized carbons (Fsp3) is 0.333. The molecular formula is C12H15F2N3O3. The predicted molar refractivity (Wildman–Crippen MR) is 68.1 cm³/mol. The van der Waals surface area contributed by atoms with Gasteiger partial charge in [-0.05, 0) is 19.1 Å². The molecule has 1 aromatic carbocycles. The van der Waals surface area contributed by atoms with Gasteiger partial charge < -0.3 is 20.6 Å². The minimum atomic E-state index is -3.02. The lowest BCUT2D eigenvalue weighted by atomic mass is 10.1. The van der Waals surface area contributed by atoms with Crippen LogP contribution in [0.5, 0.6) is 5.75 Å². The molecular weight excluding hydrogens is 272 g/mol. The molecule has 0 radical (unpaired) electrons. The molecule has 0 aliphatic carbocycles. The van der Waals surface area contributed by atoms with E-state index >= 15 is 0 Å². The zero-order chi connectivity index (χ0) is 15.1. The number of benzene rings is 1. The van der Waals surface area contributed by atoms with Crippen molar-refractivity contribution in [2.24, 2.45) is 10.9 Å². The number of carbonyl (C=O) groups is 1. The van der Waals surface area contributed by atoms with E-state index in [2.05, 4.69) is 9.89 Å². The molecule has 0 aliphatic heterocycles. The van der Waals surface area contributed by atoms with Gasteiger partial charge in [0.15, 0.2) is 5.84 Å². The summed E-state index contributed by atoms with van der Waals surface area (Å²) >= 11 is 0. The Balaban J connectivity index is 3.00. The number of nitrogens with zero attached hydrogens (tertiary/aromatic N) is 2. The fourth-order valence-electron chi connectivity index (χ4n) is 1.57. The summed E-state index contributed by atoms with van der Waals surface area (Å²) in [5.41, 5.74) is 5.33. The summed E-state index contributed by atoms with van der Waals surface area (Å²) < 4.78 is 28.9. The van der Waals surface area contributed by atoms with Gasteiger partial charge in [0.1, 0.15) is 5.75 Å². The molecule has 0 unspecified atom stereocenters. The molecule has 8 heteroatoms. The van der Waals surface area contributed by atoms with Crippen LogP contribution in [-0.4, -0.2) is 41.6 Å². The number of hydrogen-bond acceptors (Lipinski definition) is 4. The van der Waals surface area contributed by atoms with Gasteiger partial charge in [-0.25, -0.2) is 0 Å². The number of alkyl halides is 2. The van der Waals surface area contributed by atoms with Crippen LogP contribution in [0.25, 0.3) is 0 Å². The van der Waals surface area contributed by atoms with Crippen molar-refractivity contribution >= 4 is 11.7 Å². The normalized spacial score (nSPS) is 11.5. The molecule has 110 valence electrons. The number of ether oxygens (including phenoxy) is 1. The van der Waals surface area contributed by atoms with E-state index in [4.69, 9.17) is 10.9 Å². The Hall–Kier alpha value is -2.38.